The molecule has 11 aromatic carbocycles. The van der Waals surface area contributed by atoms with E-state index in [1.54, 1.807) is 0 Å². The van der Waals surface area contributed by atoms with Crippen molar-refractivity contribution in [3.05, 3.63) is 328 Å². The van der Waals surface area contributed by atoms with Gasteiger partial charge >= 0.3 is 0 Å². The number of rotatable bonds is 9. The predicted molar refractivity (Wildman–Crippen MR) is 416 cm³/mol. The Bertz CT molecular complexity index is 6290. The zero-order chi connectivity index (χ0) is 66.7. The van der Waals surface area contributed by atoms with Crippen molar-refractivity contribution in [1.29, 1.82) is 0 Å². The molecule has 12 heteroatoms. The van der Waals surface area contributed by atoms with E-state index in [4.69, 9.17) is 29.9 Å². The first-order valence-electron chi connectivity index (χ1n) is 34.3. The van der Waals surface area contributed by atoms with Gasteiger partial charge in [0.05, 0.1) is 55.5 Å². The van der Waals surface area contributed by atoms with E-state index in [0.717, 1.165) is 194 Å². The fraction of sp³-hybridized carbons (Fsp3) is 0. The van der Waals surface area contributed by atoms with Crippen LogP contribution in [0, 0.1) is 0 Å². The van der Waals surface area contributed by atoms with Crippen LogP contribution in [0.5, 0.6) is 0 Å². The average molecular weight is 1300 g/mol. The molecule has 0 aliphatic rings. The third-order valence-electron chi connectivity index (χ3n) is 20.8. The summed E-state index contributed by atoms with van der Waals surface area (Å²) < 4.78 is 14.1. The first kappa shape index (κ1) is 56.0. The Kier molecular flexibility index (Phi) is 11.9. The van der Waals surface area contributed by atoms with Crippen molar-refractivity contribution in [3.8, 4) is 68.0 Å². The minimum atomic E-state index is 0.631. The molecule has 0 atom stereocenters. The molecule has 0 amide bonds. The second-order valence-corrected chi connectivity index (χ2v) is 26.3. The molecule has 0 N–H and O–H groups in total. The Balaban J connectivity index is 0.850. The monoisotopic (exact) mass is 1300 g/mol. The van der Waals surface area contributed by atoms with Gasteiger partial charge in [0.15, 0.2) is 5.82 Å². The van der Waals surface area contributed by atoms with Crippen LogP contribution in [-0.2, 0) is 0 Å². The summed E-state index contributed by atoms with van der Waals surface area (Å²) in [7, 11) is 0. The van der Waals surface area contributed by atoms with Gasteiger partial charge in [-0.2, -0.15) is 0 Å². The van der Waals surface area contributed by atoms with Gasteiger partial charge in [0.25, 0.3) is 0 Å². The highest BCUT2D eigenvalue weighted by atomic mass is 15.1. The Morgan fingerprint density at radius 2 is 0.461 bits per heavy atom. The van der Waals surface area contributed by atoms with Crippen LogP contribution < -0.4 is 0 Å². The number of fused-ring (bicyclic) bond motifs is 18. The minimum Gasteiger partial charge on any atom is -0.309 e. The van der Waals surface area contributed by atoms with Crippen LogP contribution in [0.2, 0.25) is 0 Å². The van der Waals surface area contributed by atoms with Gasteiger partial charge in [-0.1, -0.05) is 133 Å². The summed E-state index contributed by atoms with van der Waals surface area (Å²) in [5.74, 6) is 0.631. The van der Waals surface area contributed by atoms with E-state index in [-0.39, 0.29) is 0 Å². The number of nitrogens with zero attached hydrogens (tertiary/aromatic N) is 12. The van der Waals surface area contributed by atoms with Crippen LogP contribution in [0.25, 0.3) is 199 Å². The number of para-hydroxylation sites is 4. The molecule has 22 rings (SSSR count). The molecular weight excluding hydrogens is 1250 g/mol. The van der Waals surface area contributed by atoms with E-state index in [1.807, 2.05) is 61.2 Å². The molecule has 0 aliphatic heterocycles. The predicted octanol–water partition coefficient (Wildman–Crippen LogP) is 21.6. The SMILES string of the molecule is c1ccc(-c2cc(-c3cc(-n4c5ccc(-n6c7ccccc7c7cccnc76)cc5c5cc(-n6c7ccccc7c7cccnc76)ccc54)cc(-n4c5ccc(-n6c7ccccc7c7cccnc76)cc5c5cc(-n6c7ccccc7c7cccnc76)ccc54)c3)nc(-c3ccccc3)n2)cc1. The van der Waals surface area contributed by atoms with Gasteiger partial charge in [0.1, 0.15) is 22.6 Å². The number of benzene rings is 11. The molecule has 0 radical (unpaired) electrons. The van der Waals surface area contributed by atoms with E-state index in [0.29, 0.717) is 5.82 Å². The number of hydrogen-bond donors (Lipinski definition) is 0. The lowest BCUT2D eigenvalue weighted by Gasteiger charge is -2.17. The largest absolute Gasteiger partial charge is 0.309 e. The summed E-state index contributed by atoms with van der Waals surface area (Å²) in [5.41, 5.74) is 22.3. The van der Waals surface area contributed by atoms with Gasteiger partial charge in [-0.25, -0.2) is 29.9 Å². The number of aromatic nitrogens is 12. The Morgan fingerprint density at radius 3 is 0.804 bits per heavy atom. The smallest absolute Gasteiger partial charge is 0.160 e. The van der Waals surface area contributed by atoms with Crippen LogP contribution >= 0.6 is 0 Å². The maximum atomic E-state index is 5.59. The Hall–Kier alpha value is -14.1. The highest BCUT2D eigenvalue weighted by Crippen LogP contribution is 2.44. The van der Waals surface area contributed by atoms with Gasteiger partial charge in [0.2, 0.25) is 0 Å². The number of pyridine rings is 4. The Labute approximate surface area is 581 Å². The molecule has 12 nitrogen and oxygen atoms in total. The second-order valence-electron chi connectivity index (χ2n) is 26.3. The molecule has 102 heavy (non-hydrogen) atoms. The van der Waals surface area contributed by atoms with Crippen LogP contribution in [0.4, 0.5) is 0 Å². The molecular formula is C90H54N12. The standard InChI is InChI=1S/C90H54N12/c1-3-19-55(20-4-1)76-54-77(96-86(95-76)56-21-5-2-6-22-56)57-47-62(97-82-39-35-58(99-78-31-11-7-23-64(78)68-27-15-43-91-87(68)99)50-72(82)73-51-59(36-40-83(73)97)100-79-32-12-8-24-65(79)69-28-16-44-92-88(69)100)49-63(48-57)98-84-41-37-60(101-80-33-13-9-25-66(80)70-29-17-45-93-89(70)101)52-74(84)75-53-61(38-42-85(75)98)102-81-34-14-10-26-67(81)71-30-18-46-94-90(71)102/h1-54H. The highest BCUT2D eigenvalue weighted by molar-refractivity contribution is 6.16. The third kappa shape index (κ3) is 8.25. The quantitative estimate of drug-likeness (QED) is 0.142. The van der Waals surface area contributed by atoms with Crippen molar-refractivity contribution in [3.63, 3.8) is 0 Å². The van der Waals surface area contributed by atoms with Gasteiger partial charge in [-0.3, -0.25) is 18.3 Å². The molecule has 11 heterocycles. The van der Waals surface area contributed by atoms with E-state index in [2.05, 4.69) is 294 Å². The van der Waals surface area contributed by atoms with Crippen LogP contribution in [0.1, 0.15) is 0 Å². The molecule has 0 fully saturated rings. The first-order valence-corrected chi connectivity index (χ1v) is 34.3. The van der Waals surface area contributed by atoms with E-state index < -0.39 is 0 Å². The fourth-order valence-corrected chi connectivity index (χ4v) is 16.4. The van der Waals surface area contributed by atoms with E-state index in [1.165, 1.54) is 0 Å². The summed E-state index contributed by atoms with van der Waals surface area (Å²) in [6.45, 7) is 0. The molecule has 0 unspecified atom stereocenters. The topological polar surface area (TPSA) is 107 Å². The second kappa shape index (κ2) is 21.7. The summed E-state index contributed by atoms with van der Waals surface area (Å²) in [4.78, 5) is 31.2. The van der Waals surface area contributed by atoms with Crippen molar-refractivity contribution in [2.24, 2.45) is 0 Å². The van der Waals surface area contributed by atoms with Crippen molar-refractivity contribution in [2.45, 2.75) is 0 Å². The van der Waals surface area contributed by atoms with Crippen molar-refractivity contribution < 1.29 is 0 Å². The molecule has 474 valence electrons. The van der Waals surface area contributed by atoms with Crippen molar-refractivity contribution in [2.75, 3.05) is 0 Å². The number of hydrogen-bond acceptors (Lipinski definition) is 6. The molecule has 0 spiro atoms. The molecule has 22 aromatic rings. The summed E-state index contributed by atoms with van der Waals surface area (Å²) >= 11 is 0. The molecule has 0 saturated heterocycles. The molecule has 0 saturated carbocycles. The summed E-state index contributed by atoms with van der Waals surface area (Å²) in [5, 5.41) is 13.3. The lowest BCUT2D eigenvalue weighted by molar-refractivity contribution is 1.11. The zero-order valence-electron chi connectivity index (χ0n) is 54.5. The van der Waals surface area contributed by atoms with Crippen molar-refractivity contribution >= 4 is 131 Å². The maximum absolute atomic E-state index is 5.59. The zero-order valence-corrected chi connectivity index (χ0v) is 54.5. The summed E-state index contributed by atoms with van der Waals surface area (Å²) in [6.07, 6.45) is 7.57. The Morgan fingerprint density at radius 1 is 0.176 bits per heavy atom. The van der Waals surface area contributed by atoms with Crippen LogP contribution in [-0.4, -0.2) is 57.3 Å². The average Bonchev–Trinajstić information content (AvgIpc) is 1.56. The molecule has 11 aromatic heterocycles. The van der Waals surface area contributed by atoms with Gasteiger partial charge in [-0.05, 0) is 170 Å². The fourth-order valence-electron chi connectivity index (χ4n) is 16.4. The van der Waals surface area contributed by atoms with Crippen LogP contribution in [0.3, 0.4) is 0 Å². The summed E-state index contributed by atoms with van der Waals surface area (Å²) in [6, 6.07) is 109. The van der Waals surface area contributed by atoms with Gasteiger partial charge in [-0.15, -0.1) is 0 Å². The van der Waals surface area contributed by atoms with E-state index >= 15 is 0 Å². The minimum absolute atomic E-state index is 0.631. The first-order chi connectivity index (χ1) is 50.6. The lowest BCUT2D eigenvalue weighted by Crippen LogP contribution is -2.02. The normalized spacial score (nSPS) is 12.1. The van der Waals surface area contributed by atoms with Crippen LogP contribution in [0.15, 0.2) is 328 Å². The van der Waals surface area contributed by atoms with Gasteiger partial charge < -0.3 is 9.13 Å². The van der Waals surface area contributed by atoms with E-state index in [9.17, 15) is 0 Å². The molecule has 0 bridgehead atoms. The highest BCUT2D eigenvalue weighted by Gasteiger charge is 2.25. The molecule has 0 aliphatic carbocycles. The maximum Gasteiger partial charge on any atom is 0.160 e. The van der Waals surface area contributed by atoms with Gasteiger partial charge in [0, 0.05) is 140 Å². The third-order valence-corrected chi connectivity index (χ3v) is 20.8. The van der Waals surface area contributed by atoms with Crippen molar-refractivity contribution in [1.82, 2.24) is 57.3 Å². The lowest BCUT2D eigenvalue weighted by atomic mass is 10.0.